The van der Waals surface area contributed by atoms with Gasteiger partial charge in [0.15, 0.2) is 12.2 Å². The van der Waals surface area contributed by atoms with Gasteiger partial charge in [-0.3, -0.25) is 0 Å². The number of alkyl carbamates (subject to hydrolysis) is 1. The number of carbonyl (C=O) groups is 1. The fourth-order valence-electron chi connectivity index (χ4n) is 3.57. The maximum atomic E-state index is 14.6. The highest BCUT2D eigenvalue weighted by Crippen LogP contribution is 2.24. The molecule has 1 aliphatic rings. The molecule has 0 aliphatic carbocycles. The lowest BCUT2D eigenvalue weighted by molar-refractivity contribution is 0.0187. The van der Waals surface area contributed by atoms with E-state index in [4.69, 9.17) is 9.15 Å². The SMILES string of the molecule is O=C(NCc1cccc(F)c1)O[C@@H]1[C@@H](O)CN[C@@H]1Cc1ccc(-c2cnco2)cc1F. The number of oxazole rings is 1. The third-order valence-corrected chi connectivity index (χ3v) is 5.14. The summed E-state index contributed by atoms with van der Waals surface area (Å²) < 4.78 is 38.4. The third kappa shape index (κ3) is 5.07. The molecule has 0 unspecified atom stereocenters. The number of hydrogen-bond donors (Lipinski definition) is 3. The number of aliphatic hydroxyl groups excluding tert-OH is 1. The minimum atomic E-state index is -0.929. The second kappa shape index (κ2) is 9.23. The number of halogens is 2. The van der Waals surface area contributed by atoms with Crippen LogP contribution < -0.4 is 10.6 Å². The highest BCUT2D eigenvalue weighted by Gasteiger charge is 2.38. The zero-order valence-electron chi connectivity index (χ0n) is 16.4. The first-order valence-corrected chi connectivity index (χ1v) is 9.77. The molecule has 7 nitrogen and oxygen atoms in total. The van der Waals surface area contributed by atoms with Crippen molar-refractivity contribution in [3.8, 4) is 11.3 Å². The number of hydrogen-bond acceptors (Lipinski definition) is 6. The Labute approximate surface area is 177 Å². The number of benzene rings is 2. The molecule has 1 amide bonds. The molecule has 1 aromatic heterocycles. The van der Waals surface area contributed by atoms with Gasteiger partial charge in [-0.2, -0.15) is 0 Å². The van der Waals surface area contributed by atoms with Gasteiger partial charge >= 0.3 is 6.09 Å². The smallest absolute Gasteiger partial charge is 0.407 e. The molecule has 0 saturated carbocycles. The third-order valence-electron chi connectivity index (χ3n) is 5.14. The Balaban J connectivity index is 1.37. The van der Waals surface area contributed by atoms with E-state index in [1.54, 1.807) is 24.3 Å². The fourth-order valence-corrected chi connectivity index (χ4v) is 3.57. The monoisotopic (exact) mass is 429 g/mol. The predicted molar refractivity (Wildman–Crippen MR) is 107 cm³/mol. The van der Waals surface area contributed by atoms with Crippen molar-refractivity contribution in [3.63, 3.8) is 0 Å². The summed E-state index contributed by atoms with van der Waals surface area (Å²) in [6, 6.07) is 10.0. The quantitative estimate of drug-likeness (QED) is 0.558. The Morgan fingerprint density at radius 3 is 2.90 bits per heavy atom. The van der Waals surface area contributed by atoms with Crippen molar-refractivity contribution in [2.75, 3.05) is 6.54 Å². The molecule has 0 bridgehead atoms. The predicted octanol–water partition coefficient (Wildman–Crippen LogP) is 2.79. The van der Waals surface area contributed by atoms with Gasteiger partial charge in [-0.15, -0.1) is 0 Å². The van der Waals surface area contributed by atoms with Gasteiger partial charge in [0.2, 0.25) is 0 Å². The number of ether oxygens (including phenoxy) is 1. The van der Waals surface area contributed by atoms with E-state index in [2.05, 4.69) is 15.6 Å². The van der Waals surface area contributed by atoms with Crippen LogP contribution in [-0.4, -0.2) is 41.0 Å². The molecule has 2 aromatic carbocycles. The summed E-state index contributed by atoms with van der Waals surface area (Å²) in [7, 11) is 0. The van der Waals surface area contributed by atoms with Gasteiger partial charge in [0.1, 0.15) is 23.8 Å². The molecule has 3 atom stereocenters. The Bertz CT molecular complexity index is 1040. The van der Waals surface area contributed by atoms with Gasteiger partial charge in [-0.05, 0) is 35.7 Å². The molecule has 9 heteroatoms. The summed E-state index contributed by atoms with van der Waals surface area (Å²) in [5, 5.41) is 15.8. The lowest BCUT2D eigenvalue weighted by atomic mass is 9.99. The summed E-state index contributed by atoms with van der Waals surface area (Å²) in [6.07, 6.45) is 0.439. The molecule has 1 fully saturated rings. The standard InChI is InChI=1S/C22H21F2N3O4/c23-16-3-1-2-13(6-16)9-27-22(29)31-21-18(26-10-19(21)28)8-14-4-5-15(7-17(14)24)20-11-25-12-30-20/h1-7,11-12,18-19,21,26,28H,8-10H2,(H,27,29)/t18-,19+,21+/m1/s1. The van der Waals surface area contributed by atoms with Crippen molar-refractivity contribution in [2.45, 2.75) is 31.2 Å². The van der Waals surface area contributed by atoms with Crippen LogP contribution in [0, 0.1) is 11.6 Å². The molecule has 3 aromatic rings. The average Bonchev–Trinajstić information content (AvgIpc) is 3.40. The largest absolute Gasteiger partial charge is 0.444 e. The first kappa shape index (κ1) is 21.0. The summed E-state index contributed by atoms with van der Waals surface area (Å²) in [6.45, 7) is 0.291. The topological polar surface area (TPSA) is 96.6 Å². The van der Waals surface area contributed by atoms with Crippen LogP contribution in [-0.2, 0) is 17.7 Å². The van der Waals surface area contributed by atoms with Crippen molar-refractivity contribution in [2.24, 2.45) is 0 Å². The van der Waals surface area contributed by atoms with Gasteiger partial charge < -0.3 is 24.9 Å². The molecule has 0 spiro atoms. The Kier molecular flexibility index (Phi) is 6.24. The second-order valence-corrected chi connectivity index (χ2v) is 7.31. The number of aromatic nitrogens is 1. The lowest BCUT2D eigenvalue weighted by Gasteiger charge is -2.22. The van der Waals surface area contributed by atoms with E-state index in [0.717, 1.165) is 0 Å². The van der Waals surface area contributed by atoms with Crippen LogP contribution in [0.5, 0.6) is 0 Å². The number of β-amino-alcohol motifs (C(OH)–C–C–N with tert-alkyl or cyclic N) is 1. The summed E-state index contributed by atoms with van der Waals surface area (Å²) in [4.78, 5) is 16.0. The molecular weight excluding hydrogens is 408 g/mol. The first-order chi connectivity index (χ1) is 15.0. The minimum Gasteiger partial charge on any atom is -0.444 e. The minimum absolute atomic E-state index is 0.0786. The zero-order valence-corrected chi connectivity index (χ0v) is 16.4. The molecule has 162 valence electrons. The van der Waals surface area contributed by atoms with Crippen LogP contribution in [0.4, 0.5) is 13.6 Å². The molecule has 3 N–H and O–H groups in total. The van der Waals surface area contributed by atoms with Gasteiger partial charge in [-0.25, -0.2) is 18.6 Å². The van der Waals surface area contributed by atoms with E-state index in [0.29, 0.717) is 22.5 Å². The van der Waals surface area contributed by atoms with Gasteiger partial charge in [0.05, 0.1) is 12.2 Å². The van der Waals surface area contributed by atoms with Crippen molar-refractivity contribution in [1.29, 1.82) is 0 Å². The number of carbonyl (C=O) groups excluding carboxylic acids is 1. The van der Waals surface area contributed by atoms with Crippen LogP contribution in [0.2, 0.25) is 0 Å². The fraction of sp³-hybridized carbons (Fsp3) is 0.273. The molecule has 2 heterocycles. The first-order valence-electron chi connectivity index (χ1n) is 9.77. The van der Waals surface area contributed by atoms with Crippen molar-refractivity contribution >= 4 is 6.09 Å². The number of aliphatic hydroxyl groups is 1. The second-order valence-electron chi connectivity index (χ2n) is 7.31. The zero-order chi connectivity index (χ0) is 21.8. The van der Waals surface area contributed by atoms with Crippen LogP contribution in [0.3, 0.4) is 0 Å². The van der Waals surface area contributed by atoms with E-state index in [1.807, 2.05) is 0 Å². The Morgan fingerprint density at radius 2 is 2.16 bits per heavy atom. The average molecular weight is 429 g/mol. The summed E-state index contributed by atoms with van der Waals surface area (Å²) in [5.41, 5.74) is 1.54. The van der Waals surface area contributed by atoms with E-state index in [1.165, 1.54) is 30.8 Å². The lowest BCUT2D eigenvalue weighted by Crippen LogP contribution is -2.41. The van der Waals surface area contributed by atoms with Crippen molar-refractivity contribution in [3.05, 3.63) is 77.8 Å². The number of amides is 1. The Morgan fingerprint density at radius 1 is 1.29 bits per heavy atom. The van der Waals surface area contributed by atoms with Gasteiger partial charge in [-0.1, -0.05) is 24.3 Å². The Hall–Kier alpha value is -3.30. The number of rotatable bonds is 6. The van der Waals surface area contributed by atoms with E-state index in [9.17, 15) is 18.7 Å². The van der Waals surface area contributed by atoms with Gasteiger partial charge in [0, 0.05) is 18.7 Å². The van der Waals surface area contributed by atoms with E-state index < -0.39 is 36.0 Å². The molecule has 0 radical (unpaired) electrons. The van der Waals surface area contributed by atoms with Crippen LogP contribution >= 0.6 is 0 Å². The summed E-state index contributed by atoms with van der Waals surface area (Å²) in [5.74, 6) is -0.387. The van der Waals surface area contributed by atoms with E-state index >= 15 is 0 Å². The van der Waals surface area contributed by atoms with Crippen LogP contribution in [0.25, 0.3) is 11.3 Å². The summed E-state index contributed by atoms with van der Waals surface area (Å²) >= 11 is 0. The van der Waals surface area contributed by atoms with Gasteiger partial charge in [0.25, 0.3) is 0 Å². The normalized spacial score (nSPS) is 20.5. The number of nitrogens with zero attached hydrogens (tertiary/aromatic N) is 1. The highest BCUT2D eigenvalue weighted by molar-refractivity contribution is 5.67. The molecule has 31 heavy (non-hydrogen) atoms. The molecule has 1 saturated heterocycles. The molecule has 4 rings (SSSR count). The van der Waals surface area contributed by atoms with Crippen LogP contribution in [0.1, 0.15) is 11.1 Å². The number of nitrogens with one attached hydrogen (secondary N) is 2. The maximum absolute atomic E-state index is 14.6. The molecule has 1 aliphatic heterocycles. The van der Waals surface area contributed by atoms with Crippen LogP contribution in [0.15, 0.2) is 59.5 Å². The van der Waals surface area contributed by atoms with Crippen molar-refractivity contribution in [1.82, 2.24) is 15.6 Å². The maximum Gasteiger partial charge on any atom is 0.407 e. The highest BCUT2D eigenvalue weighted by atomic mass is 19.1. The molecular formula is C22H21F2N3O4. The van der Waals surface area contributed by atoms with E-state index in [-0.39, 0.29) is 19.5 Å². The van der Waals surface area contributed by atoms with Crippen molar-refractivity contribution < 1.29 is 27.8 Å².